The highest BCUT2D eigenvalue weighted by Gasteiger charge is 2.27. The molecule has 1 saturated heterocycles. The summed E-state index contributed by atoms with van der Waals surface area (Å²) in [5.74, 6) is -3.13. The lowest BCUT2D eigenvalue weighted by molar-refractivity contribution is -0.150. The number of nitrogens with two attached hydrogens (primary N) is 1. The number of rotatable bonds is 8. The second kappa shape index (κ2) is 11.6. The summed E-state index contributed by atoms with van der Waals surface area (Å²) in [6.07, 6.45) is 1.43. The molecule has 3 aromatic carbocycles. The van der Waals surface area contributed by atoms with Gasteiger partial charge in [0.25, 0.3) is 0 Å². The number of nitrogen functional groups attached to an aromatic ring is 1. The van der Waals surface area contributed by atoms with Gasteiger partial charge in [-0.05, 0) is 54.8 Å². The maximum atomic E-state index is 14.1. The Morgan fingerprint density at radius 3 is 2.31 bits per heavy atom. The number of anilines is 4. The Kier molecular flexibility index (Phi) is 7.83. The summed E-state index contributed by atoms with van der Waals surface area (Å²) < 4.78 is 33.6. The zero-order chi connectivity index (χ0) is 27.4. The fourth-order valence-corrected chi connectivity index (χ4v) is 5.33. The molecule has 0 spiro atoms. The van der Waals surface area contributed by atoms with Crippen molar-refractivity contribution in [1.29, 1.82) is 0 Å². The number of hydrogen-bond donors (Lipinski definition) is 2. The van der Waals surface area contributed by atoms with Crippen molar-refractivity contribution >= 4 is 45.4 Å². The molecule has 1 aliphatic heterocycles. The van der Waals surface area contributed by atoms with Gasteiger partial charge in [-0.2, -0.15) is 0 Å². The number of nitrogens with zero attached hydrogens (tertiary/aromatic N) is 2. The van der Waals surface area contributed by atoms with Crippen LogP contribution in [-0.4, -0.2) is 29.8 Å². The molecule has 200 valence electrons. The van der Waals surface area contributed by atoms with E-state index in [1.807, 2.05) is 54.6 Å². The first-order valence-corrected chi connectivity index (χ1v) is 13.3. The third-order valence-corrected chi connectivity index (χ3v) is 7.57. The van der Waals surface area contributed by atoms with Gasteiger partial charge >= 0.3 is 5.97 Å². The Morgan fingerprint density at radius 1 is 0.974 bits per heavy atom. The van der Waals surface area contributed by atoms with Crippen LogP contribution >= 0.6 is 11.3 Å². The molecule has 0 amide bonds. The van der Waals surface area contributed by atoms with Crippen LogP contribution in [0.25, 0.3) is 0 Å². The van der Waals surface area contributed by atoms with Gasteiger partial charge in [-0.25, -0.2) is 13.8 Å². The number of carbonyl (C=O) groups is 2. The lowest BCUT2D eigenvalue weighted by atomic mass is 9.96. The molecule has 3 N–H and O–H groups in total. The fourth-order valence-electron chi connectivity index (χ4n) is 4.48. The number of aromatic nitrogens is 1. The van der Waals surface area contributed by atoms with Gasteiger partial charge in [-0.1, -0.05) is 47.7 Å². The van der Waals surface area contributed by atoms with Crippen LogP contribution in [0.5, 0.6) is 0 Å². The van der Waals surface area contributed by atoms with Crippen LogP contribution in [0.15, 0.2) is 72.8 Å². The molecular formula is C29H26F2N4O3S. The molecular weight excluding hydrogens is 522 g/mol. The number of carbonyl (C=O) groups excluding carboxylic acids is 2. The van der Waals surface area contributed by atoms with Gasteiger partial charge in [0, 0.05) is 24.5 Å². The van der Waals surface area contributed by atoms with Crippen LogP contribution in [0.1, 0.15) is 33.6 Å². The largest absolute Gasteiger partial charge is 0.461 e. The number of hydrogen-bond acceptors (Lipinski definition) is 8. The van der Waals surface area contributed by atoms with Gasteiger partial charge in [-0.3, -0.25) is 9.59 Å². The third kappa shape index (κ3) is 6.06. The predicted octanol–water partition coefficient (Wildman–Crippen LogP) is 5.94. The molecule has 5 rings (SSSR count). The Balaban J connectivity index is 1.16. The van der Waals surface area contributed by atoms with Crippen molar-refractivity contribution in [1.82, 2.24) is 4.98 Å². The van der Waals surface area contributed by atoms with Gasteiger partial charge in [0.15, 0.2) is 5.13 Å². The molecule has 0 radical (unpaired) electrons. The first-order valence-electron chi connectivity index (χ1n) is 12.5. The van der Waals surface area contributed by atoms with E-state index in [9.17, 15) is 18.4 Å². The number of esters is 1. The van der Waals surface area contributed by atoms with E-state index in [0.717, 1.165) is 47.8 Å². The van der Waals surface area contributed by atoms with Crippen LogP contribution in [0, 0.1) is 17.6 Å². The number of thiazole rings is 1. The van der Waals surface area contributed by atoms with E-state index in [4.69, 9.17) is 10.5 Å². The van der Waals surface area contributed by atoms with Crippen molar-refractivity contribution in [2.45, 2.75) is 19.4 Å². The molecule has 1 fully saturated rings. The monoisotopic (exact) mass is 548 g/mol. The Morgan fingerprint density at radius 2 is 1.64 bits per heavy atom. The van der Waals surface area contributed by atoms with Crippen molar-refractivity contribution in [3.8, 4) is 0 Å². The summed E-state index contributed by atoms with van der Waals surface area (Å²) in [6.45, 7) is 1.76. The number of halogens is 2. The van der Waals surface area contributed by atoms with Crippen LogP contribution < -0.4 is 16.0 Å². The van der Waals surface area contributed by atoms with E-state index in [1.54, 1.807) is 0 Å². The molecule has 1 aromatic heterocycles. The summed E-state index contributed by atoms with van der Waals surface area (Å²) in [5.41, 5.74) is 7.93. The zero-order valence-corrected chi connectivity index (χ0v) is 21.7. The Hall–Kier alpha value is -4.31. The van der Waals surface area contributed by atoms with Crippen molar-refractivity contribution in [3.63, 3.8) is 0 Å². The average Bonchev–Trinajstić information content (AvgIpc) is 3.32. The van der Waals surface area contributed by atoms with Gasteiger partial charge in [0.2, 0.25) is 5.78 Å². The van der Waals surface area contributed by atoms with Gasteiger partial charge in [-0.15, -0.1) is 0 Å². The standard InChI is InChI=1S/C29H26F2N4O3S/c30-22-7-4-8-23(31)24(22)25(36)26-27(32)34-29(39-26)33-20-9-11-21(12-10-20)35-15-13-19(14-16-35)28(37)38-17-18-5-2-1-3-6-18/h1-12,19H,13-17,32H2,(H,33,34). The van der Waals surface area contributed by atoms with Crippen molar-refractivity contribution < 1.29 is 23.1 Å². The second-order valence-electron chi connectivity index (χ2n) is 9.19. The molecule has 7 nitrogen and oxygen atoms in total. The molecule has 10 heteroatoms. The summed E-state index contributed by atoms with van der Waals surface area (Å²) in [4.78, 5) is 31.5. The maximum absolute atomic E-state index is 14.1. The number of nitrogens with one attached hydrogen (secondary N) is 1. The Bertz CT molecular complexity index is 1450. The van der Waals surface area contributed by atoms with Crippen molar-refractivity contribution in [3.05, 3.63) is 100 Å². The topological polar surface area (TPSA) is 97.6 Å². The minimum absolute atomic E-state index is 0.0386. The molecule has 39 heavy (non-hydrogen) atoms. The highest BCUT2D eigenvalue weighted by molar-refractivity contribution is 7.18. The molecule has 0 aliphatic carbocycles. The van der Waals surface area contributed by atoms with Crippen molar-refractivity contribution in [2.75, 3.05) is 29.0 Å². The summed E-state index contributed by atoms with van der Waals surface area (Å²) >= 11 is 0.928. The van der Waals surface area contributed by atoms with Gasteiger partial charge in [0.1, 0.15) is 28.9 Å². The molecule has 0 saturated carbocycles. The predicted molar refractivity (Wildman–Crippen MR) is 147 cm³/mol. The van der Waals surface area contributed by atoms with E-state index < -0.39 is 23.0 Å². The molecule has 0 unspecified atom stereocenters. The van der Waals surface area contributed by atoms with Crippen LogP contribution in [-0.2, 0) is 16.1 Å². The maximum Gasteiger partial charge on any atom is 0.309 e. The molecule has 0 bridgehead atoms. The highest BCUT2D eigenvalue weighted by atomic mass is 32.1. The van der Waals surface area contributed by atoms with E-state index in [0.29, 0.717) is 23.7 Å². The summed E-state index contributed by atoms with van der Waals surface area (Å²) in [5, 5.41) is 3.42. The average molecular weight is 549 g/mol. The van der Waals surface area contributed by atoms with Crippen LogP contribution in [0.4, 0.5) is 31.1 Å². The number of benzene rings is 3. The number of ketones is 1. The van der Waals surface area contributed by atoms with E-state index in [2.05, 4.69) is 15.2 Å². The normalized spacial score (nSPS) is 13.7. The Labute approximate surface area is 228 Å². The highest BCUT2D eigenvalue weighted by Crippen LogP contribution is 2.32. The van der Waals surface area contributed by atoms with E-state index in [-0.39, 0.29) is 29.2 Å². The van der Waals surface area contributed by atoms with Crippen LogP contribution in [0.2, 0.25) is 0 Å². The van der Waals surface area contributed by atoms with E-state index in [1.165, 1.54) is 6.07 Å². The molecule has 4 aromatic rings. The first-order chi connectivity index (χ1) is 18.9. The summed E-state index contributed by atoms with van der Waals surface area (Å²) in [6, 6.07) is 20.5. The zero-order valence-electron chi connectivity index (χ0n) is 20.9. The molecule has 2 heterocycles. The third-order valence-electron chi connectivity index (χ3n) is 6.59. The minimum Gasteiger partial charge on any atom is -0.461 e. The summed E-state index contributed by atoms with van der Waals surface area (Å²) in [7, 11) is 0. The fraction of sp³-hybridized carbons (Fsp3) is 0.207. The van der Waals surface area contributed by atoms with Gasteiger partial charge in [0.05, 0.1) is 11.5 Å². The number of piperidine rings is 1. The lowest BCUT2D eigenvalue weighted by Crippen LogP contribution is -2.36. The SMILES string of the molecule is Nc1nc(Nc2ccc(N3CCC(C(=O)OCc4ccccc4)CC3)cc2)sc1C(=O)c1c(F)cccc1F. The number of ether oxygens (including phenoxy) is 1. The van der Waals surface area contributed by atoms with Crippen molar-refractivity contribution in [2.24, 2.45) is 5.92 Å². The molecule has 0 atom stereocenters. The quantitative estimate of drug-likeness (QED) is 0.208. The first kappa shape index (κ1) is 26.3. The van der Waals surface area contributed by atoms with Gasteiger partial charge < -0.3 is 20.7 Å². The lowest BCUT2D eigenvalue weighted by Gasteiger charge is -2.32. The smallest absolute Gasteiger partial charge is 0.309 e. The van der Waals surface area contributed by atoms with Crippen LogP contribution in [0.3, 0.4) is 0 Å². The second-order valence-corrected chi connectivity index (χ2v) is 10.2. The molecule has 1 aliphatic rings. The minimum atomic E-state index is -0.953. The van der Waals surface area contributed by atoms with E-state index >= 15 is 0 Å².